The van der Waals surface area contributed by atoms with E-state index in [1.54, 1.807) is 24.3 Å². The van der Waals surface area contributed by atoms with Crippen molar-refractivity contribution in [3.8, 4) is 11.5 Å². The van der Waals surface area contributed by atoms with Crippen molar-refractivity contribution in [3.05, 3.63) is 94.6 Å². The fourth-order valence-corrected chi connectivity index (χ4v) is 4.61. The van der Waals surface area contributed by atoms with Gasteiger partial charge in [0.25, 0.3) is 11.8 Å². The molecule has 3 aromatic rings. The normalized spacial score (nSPS) is 14.3. The topological polar surface area (TPSA) is 67.9 Å². The van der Waals surface area contributed by atoms with Crippen molar-refractivity contribution in [1.29, 1.82) is 0 Å². The Kier molecular flexibility index (Phi) is 7.79. The molecule has 0 aliphatic carbocycles. The highest BCUT2D eigenvalue weighted by Gasteiger charge is 2.33. The predicted molar refractivity (Wildman–Crippen MR) is 139 cm³/mol. The van der Waals surface area contributed by atoms with Crippen molar-refractivity contribution >= 4 is 51.9 Å². The molecule has 1 fully saturated rings. The molecule has 0 radical (unpaired) electrons. The Hall–Kier alpha value is -3.69. The lowest BCUT2D eigenvalue weighted by molar-refractivity contribution is -0.123. The maximum Gasteiger partial charge on any atom is 0.270 e. The van der Waals surface area contributed by atoms with Gasteiger partial charge in [0.15, 0.2) is 22.4 Å². The van der Waals surface area contributed by atoms with Crippen LogP contribution < -0.4 is 19.7 Å². The van der Waals surface area contributed by atoms with Gasteiger partial charge in [-0.25, -0.2) is 4.39 Å². The zero-order valence-corrected chi connectivity index (χ0v) is 20.3. The first-order valence-corrected chi connectivity index (χ1v) is 11.8. The van der Waals surface area contributed by atoms with Crippen LogP contribution in [0.1, 0.15) is 11.1 Å². The minimum absolute atomic E-state index is 0.168. The van der Waals surface area contributed by atoms with Crippen LogP contribution >= 0.6 is 24.0 Å². The molecule has 1 saturated heterocycles. The third-order valence-corrected chi connectivity index (χ3v) is 6.36. The Labute approximate surface area is 211 Å². The van der Waals surface area contributed by atoms with Gasteiger partial charge in [-0.15, -0.1) is 0 Å². The zero-order chi connectivity index (χ0) is 24.8. The van der Waals surface area contributed by atoms with E-state index in [-0.39, 0.29) is 18.4 Å². The number of rotatable bonds is 8. The lowest BCUT2D eigenvalue weighted by Crippen LogP contribution is -2.28. The van der Waals surface area contributed by atoms with Gasteiger partial charge in [-0.05, 0) is 53.6 Å². The van der Waals surface area contributed by atoms with Crippen molar-refractivity contribution < 1.29 is 23.5 Å². The number of halogens is 1. The number of benzene rings is 3. The molecule has 1 aliphatic rings. The summed E-state index contributed by atoms with van der Waals surface area (Å²) in [6.07, 6.45) is 1.70. The number of anilines is 1. The Morgan fingerprint density at radius 2 is 1.83 bits per heavy atom. The van der Waals surface area contributed by atoms with Gasteiger partial charge >= 0.3 is 0 Å². The van der Waals surface area contributed by atoms with Gasteiger partial charge < -0.3 is 14.8 Å². The molecule has 0 atom stereocenters. The predicted octanol–water partition coefficient (Wildman–Crippen LogP) is 4.94. The van der Waals surface area contributed by atoms with Crippen molar-refractivity contribution in [2.75, 3.05) is 18.6 Å². The molecule has 35 heavy (non-hydrogen) atoms. The standard InChI is InChI=1S/C26H21FN2O4S2/c1-32-22-13-18(7-12-21(22)33-16-24(30)28-15-17-5-3-2-4-6-17)14-23-25(31)29(26(34)35-23)20-10-8-19(27)9-11-20/h2-14H,15-16H2,1H3,(H,28,30)/b23-14-. The molecule has 1 heterocycles. The summed E-state index contributed by atoms with van der Waals surface area (Å²) in [5.74, 6) is -0.120. The highest BCUT2D eigenvalue weighted by atomic mass is 32.2. The number of ether oxygens (including phenoxy) is 2. The Morgan fingerprint density at radius 3 is 2.54 bits per heavy atom. The number of carbonyl (C=O) groups is 2. The lowest BCUT2D eigenvalue weighted by Gasteiger charge is -2.14. The molecule has 0 unspecified atom stereocenters. The van der Waals surface area contributed by atoms with E-state index in [0.29, 0.717) is 38.5 Å². The molecule has 3 aromatic carbocycles. The first kappa shape index (κ1) is 24.4. The van der Waals surface area contributed by atoms with Crippen LogP contribution in [0, 0.1) is 5.82 Å². The smallest absolute Gasteiger partial charge is 0.270 e. The van der Waals surface area contributed by atoms with Crippen molar-refractivity contribution in [2.45, 2.75) is 6.54 Å². The molecule has 4 rings (SSSR count). The largest absolute Gasteiger partial charge is 0.493 e. The second-order valence-corrected chi connectivity index (χ2v) is 9.13. The summed E-state index contributed by atoms with van der Waals surface area (Å²) in [5.41, 5.74) is 2.19. The average molecular weight is 509 g/mol. The van der Waals surface area contributed by atoms with Crippen LogP contribution in [0.25, 0.3) is 6.08 Å². The summed E-state index contributed by atoms with van der Waals surface area (Å²) in [4.78, 5) is 26.9. The Bertz CT molecular complexity index is 1280. The molecular formula is C26H21FN2O4S2. The summed E-state index contributed by atoms with van der Waals surface area (Å²) in [6, 6.07) is 20.3. The number of hydrogen-bond acceptors (Lipinski definition) is 6. The molecule has 9 heteroatoms. The number of nitrogens with one attached hydrogen (secondary N) is 1. The number of nitrogens with zero attached hydrogens (tertiary/aromatic N) is 1. The van der Waals surface area contributed by atoms with E-state index in [1.807, 2.05) is 30.3 Å². The SMILES string of the molecule is COc1cc(/C=C2\SC(=S)N(c3ccc(F)cc3)C2=O)ccc1OCC(=O)NCc1ccccc1. The monoisotopic (exact) mass is 508 g/mol. The summed E-state index contributed by atoms with van der Waals surface area (Å²) >= 11 is 6.52. The number of amides is 2. The summed E-state index contributed by atoms with van der Waals surface area (Å²) in [7, 11) is 1.50. The van der Waals surface area contributed by atoms with Gasteiger partial charge in [0.1, 0.15) is 5.82 Å². The van der Waals surface area contributed by atoms with Crippen molar-refractivity contribution in [3.63, 3.8) is 0 Å². The van der Waals surface area contributed by atoms with Gasteiger partial charge in [-0.1, -0.05) is 60.4 Å². The van der Waals surface area contributed by atoms with E-state index in [4.69, 9.17) is 21.7 Å². The van der Waals surface area contributed by atoms with Gasteiger partial charge in [0.05, 0.1) is 17.7 Å². The zero-order valence-electron chi connectivity index (χ0n) is 18.7. The van der Waals surface area contributed by atoms with E-state index in [9.17, 15) is 14.0 Å². The summed E-state index contributed by atoms with van der Waals surface area (Å²) in [6.45, 7) is 0.244. The van der Waals surface area contributed by atoms with Crippen LogP contribution in [-0.4, -0.2) is 29.9 Å². The number of thiocarbonyl (C=S) groups is 1. The third kappa shape index (κ3) is 6.06. The fourth-order valence-electron chi connectivity index (χ4n) is 3.32. The Balaban J connectivity index is 1.41. The first-order valence-electron chi connectivity index (χ1n) is 10.6. The van der Waals surface area contributed by atoms with Crippen LogP contribution in [0.4, 0.5) is 10.1 Å². The van der Waals surface area contributed by atoms with Crippen LogP contribution in [0.15, 0.2) is 77.7 Å². The quantitative estimate of drug-likeness (QED) is 0.344. The summed E-state index contributed by atoms with van der Waals surface area (Å²) in [5, 5.41) is 2.80. The molecule has 2 amide bonds. The molecule has 1 N–H and O–H groups in total. The lowest BCUT2D eigenvalue weighted by atomic mass is 10.2. The molecule has 6 nitrogen and oxygen atoms in total. The van der Waals surface area contributed by atoms with Crippen LogP contribution in [0.5, 0.6) is 11.5 Å². The molecule has 0 saturated carbocycles. The Morgan fingerprint density at radius 1 is 1.09 bits per heavy atom. The highest BCUT2D eigenvalue weighted by Crippen LogP contribution is 2.37. The molecule has 0 bridgehead atoms. The van der Waals surface area contributed by atoms with Gasteiger partial charge in [0, 0.05) is 6.54 Å². The maximum absolute atomic E-state index is 13.2. The van der Waals surface area contributed by atoms with E-state index in [0.717, 1.165) is 17.3 Å². The van der Waals surface area contributed by atoms with E-state index >= 15 is 0 Å². The first-order chi connectivity index (χ1) is 16.9. The van der Waals surface area contributed by atoms with Crippen LogP contribution in [-0.2, 0) is 16.1 Å². The van der Waals surface area contributed by atoms with E-state index < -0.39 is 5.82 Å². The van der Waals surface area contributed by atoms with Crippen LogP contribution in [0.3, 0.4) is 0 Å². The second-order valence-electron chi connectivity index (χ2n) is 7.45. The third-order valence-electron chi connectivity index (χ3n) is 5.06. The molecular weight excluding hydrogens is 487 g/mol. The highest BCUT2D eigenvalue weighted by molar-refractivity contribution is 8.27. The second kappa shape index (κ2) is 11.2. The molecule has 178 valence electrons. The maximum atomic E-state index is 13.2. The minimum Gasteiger partial charge on any atom is -0.493 e. The van der Waals surface area contributed by atoms with E-state index in [2.05, 4.69) is 5.32 Å². The number of hydrogen-bond donors (Lipinski definition) is 1. The molecule has 0 spiro atoms. The van der Waals surface area contributed by atoms with Crippen LogP contribution in [0.2, 0.25) is 0 Å². The van der Waals surface area contributed by atoms with Gasteiger partial charge in [-0.3, -0.25) is 14.5 Å². The van der Waals surface area contributed by atoms with Crippen molar-refractivity contribution in [1.82, 2.24) is 5.32 Å². The van der Waals surface area contributed by atoms with Gasteiger partial charge in [-0.2, -0.15) is 0 Å². The number of thioether (sulfide) groups is 1. The summed E-state index contributed by atoms with van der Waals surface area (Å²) < 4.78 is 24.7. The minimum atomic E-state index is -0.391. The average Bonchev–Trinajstić information content (AvgIpc) is 3.15. The van der Waals surface area contributed by atoms with E-state index in [1.165, 1.54) is 36.3 Å². The molecule has 1 aliphatic heterocycles. The number of carbonyl (C=O) groups excluding carboxylic acids is 2. The van der Waals surface area contributed by atoms with Crippen molar-refractivity contribution in [2.24, 2.45) is 0 Å². The number of methoxy groups -OCH3 is 1. The fraction of sp³-hybridized carbons (Fsp3) is 0.115. The van der Waals surface area contributed by atoms with Gasteiger partial charge in [0.2, 0.25) is 0 Å². The molecule has 0 aromatic heterocycles.